The molecule has 4 rings (SSSR count). The number of benzene rings is 2. The number of carbonyl (C=O) groups is 1. The Morgan fingerprint density at radius 3 is 2.54 bits per heavy atom. The molecule has 0 atom stereocenters. The van der Waals surface area contributed by atoms with Crippen LogP contribution in [0.2, 0.25) is 0 Å². The molecule has 1 aliphatic rings. The summed E-state index contributed by atoms with van der Waals surface area (Å²) in [5.74, 6) is 0. The number of thiol groups is 1. The maximum atomic E-state index is 12.3. The van der Waals surface area contributed by atoms with Gasteiger partial charge in [-0.15, -0.1) is 24.0 Å². The van der Waals surface area contributed by atoms with Crippen molar-refractivity contribution in [3.8, 4) is 0 Å². The fraction of sp³-hybridized carbons (Fsp3) is 0.238. The van der Waals surface area contributed by atoms with Crippen molar-refractivity contribution in [3.63, 3.8) is 0 Å². The molecule has 2 heterocycles. The molecule has 1 saturated heterocycles. The van der Waals surface area contributed by atoms with Gasteiger partial charge in [0.25, 0.3) is 0 Å². The third-order valence-electron chi connectivity index (χ3n) is 4.81. The highest BCUT2D eigenvalue weighted by Gasteiger charge is 2.22. The first-order chi connectivity index (χ1) is 13.6. The van der Waals surface area contributed by atoms with E-state index >= 15 is 0 Å². The topological polar surface area (TPSA) is 49.9 Å². The first kappa shape index (κ1) is 18.8. The maximum absolute atomic E-state index is 12.3. The number of fused-ring (bicyclic) bond motifs is 1. The number of amides is 1. The van der Waals surface area contributed by atoms with Crippen molar-refractivity contribution in [2.45, 2.75) is 10.8 Å². The molecular formula is C21H20N2O3S2. The Bertz CT molecular complexity index is 1040. The van der Waals surface area contributed by atoms with Gasteiger partial charge < -0.3 is 14.5 Å². The highest BCUT2D eigenvalue weighted by molar-refractivity contribution is 7.83. The minimum absolute atomic E-state index is 0.00344. The quantitative estimate of drug-likeness (QED) is 0.661. The lowest BCUT2D eigenvalue weighted by atomic mass is 10.2. The Kier molecular flexibility index (Phi) is 5.54. The number of anilines is 1. The zero-order valence-corrected chi connectivity index (χ0v) is 16.9. The number of piperazine rings is 1. The van der Waals surface area contributed by atoms with Crippen LogP contribution in [0.25, 0.3) is 10.1 Å². The van der Waals surface area contributed by atoms with Gasteiger partial charge in [-0.2, -0.15) is 0 Å². The Labute approximate surface area is 172 Å². The van der Waals surface area contributed by atoms with Crippen LogP contribution in [0.15, 0.2) is 63.6 Å². The molecule has 28 heavy (non-hydrogen) atoms. The summed E-state index contributed by atoms with van der Waals surface area (Å²) in [6, 6.07) is 17.1. The van der Waals surface area contributed by atoms with Crippen molar-refractivity contribution < 1.29 is 9.53 Å². The standard InChI is InChI=1S/C21H20N2O3S2/c24-18-13-20(27)28-19-12-16(6-7-17(18)19)22-8-10-23(11-9-22)21(25)26-14-15-4-2-1-3-5-15/h1-7,12-13,27H,8-11,14H2. The zero-order chi connectivity index (χ0) is 19.5. The summed E-state index contributed by atoms with van der Waals surface area (Å²) in [6.07, 6.45) is -0.278. The number of ether oxygens (including phenoxy) is 1. The van der Waals surface area contributed by atoms with Crippen molar-refractivity contribution in [1.29, 1.82) is 0 Å². The van der Waals surface area contributed by atoms with Crippen LogP contribution in [0, 0.1) is 0 Å². The molecular weight excluding hydrogens is 392 g/mol. The van der Waals surface area contributed by atoms with Gasteiger partial charge in [0.05, 0.1) is 4.21 Å². The highest BCUT2D eigenvalue weighted by atomic mass is 32.2. The smallest absolute Gasteiger partial charge is 0.410 e. The molecule has 1 aromatic heterocycles. The summed E-state index contributed by atoms with van der Waals surface area (Å²) in [7, 11) is 0. The van der Waals surface area contributed by atoms with Gasteiger partial charge in [-0.25, -0.2) is 4.79 Å². The molecule has 0 saturated carbocycles. The van der Waals surface area contributed by atoms with Gasteiger partial charge in [-0.1, -0.05) is 30.3 Å². The molecule has 0 radical (unpaired) electrons. The van der Waals surface area contributed by atoms with Gasteiger partial charge in [0.1, 0.15) is 6.61 Å². The minimum atomic E-state index is -0.278. The van der Waals surface area contributed by atoms with Gasteiger partial charge >= 0.3 is 6.09 Å². The molecule has 1 amide bonds. The van der Waals surface area contributed by atoms with Gasteiger partial charge in [0.2, 0.25) is 0 Å². The van der Waals surface area contributed by atoms with Crippen molar-refractivity contribution >= 4 is 45.8 Å². The predicted octanol–water partition coefficient (Wildman–Crippen LogP) is 4.01. The van der Waals surface area contributed by atoms with Crippen LogP contribution >= 0.6 is 24.0 Å². The Morgan fingerprint density at radius 2 is 1.79 bits per heavy atom. The molecule has 144 valence electrons. The normalized spacial score (nSPS) is 14.3. The van der Waals surface area contributed by atoms with Gasteiger partial charge in [-0.05, 0) is 23.8 Å². The largest absolute Gasteiger partial charge is 0.445 e. The zero-order valence-electron chi connectivity index (χ0n) is 15.2. The number of nitrogens with zero attached hydrogens (tertiary/aromatic N) is 2. The summed E-state index contributed by atoms with van der Waals surface area (Å²) in [4.78, 5) is 28.3. The van der Waals surface area contributed by atoms with Gasteiger partial charge in [-0.3, -0.25) is 4.79 Å². The third kappa shape index (κ3) is 4.15. The van der Waals surface area contributed by atoms with Crippen LogP contribution in [0.4, 0.5) is 10.5 Å². The van der Waals surface area contributed by atoms with Crippen LogP contribution in [0.5, 0.6) is 0 Å². The van der Waals surface area contributed by atoms with E-state index in [-0.39, 0.29) is 18.1 Å². The van der Waals surface area contributed by atoms with Crippen LogP contribution in [0.3, 0.4) is 0 Å². The van der Waals surface area contributed by atoms with E-state index in [4.69, 9.17) is 4.74 Å². The van der Waals surface area contributed by atoms with Crippen molar-refractivity contribution in [2.24, 2.45) is 0 Å². The molecule has 1 fully saturated rings. The van der Waals surface area contributed by atoms with Gasteiger partial charge in [0.15, 0.2) is 5.43 Å². The average Bonchev–Trinajstić information content (AvgIpc) is 2.72. The molecule has 0 aliphatic carbocycles. The molecule has 2 aromatic carbocycles. The molecule has 0 unspecified atom stereocenters. The minimum Gasteiger partial charge on any atom is -0.445 e. The summed E-state index contributed by atoms with van der Waals surface area (Å²) in [5.41, 5.74) is 2.03. The average molecular weight is 413 g/mol. The van der Waals surface area contributed by atoms with E-state index in [1.165, 1.54) is 11.3 Å². The second-order valence-corrected chi connectivity index (χ2v) is 8.51. The summed E-state index contributed by atoms with van der Waals surface area (Å²) in [5, 5.41) is 0.717. The summed E-state index contributed by atoms with van der Waals surface area (Å²) < 4.78 is 7.06. The van der Waals surface area contributed by atoms with Gasteiger partial charge in [0, 0.05) is 48.0 Å². The fourth-order valence-corrected chi connectivity index (χ4v) is 4.55. The highest BCUT2D eigenvalue weighted by Crippen LogP contribution is 2.27. The first-order valence-electron chi connectivity index (χ1n) is 9.07. The maximum Gasteiger partial charge on any atom is 0.410 e. The Hall–Kier alpha value is -2.51. The monoisotopic (exact) mass is 412 g/mol. The van der Waals surface area contributed by atoms with E-state index in [1.807, 2.05) is 48.5 Å². The SMILES string of the molecule is O=C(OCc1ccccc1)N1CCN(c2ccc3c(=O)cc(S)sc3c2)CC1. The van der Waals surface area contributed by atoms with E-state index in [0.29, 0.717) is 17.3 Å². The van der Waals surface area contributed by atoms with E-state index < -0.39 is 0 Å². The molecule has 5 nitrogen and oxygen atoms in total. The molecule has 0 N–H and O–H groups in total. The first-order valence-corrected chi connectivity index (χ1v) is 10.3. The number of hydrogen-bond acceptors (Lipinski definition) is 6. The molecule has 3 aromatic rings. The third-order valence-corrected chi connectivity index (χ3v) is 6.10. The molecule has 0 spiro atoms. The summed E-state index contributed by atoms with van der Waals surface area (Å²) in [6.45, 7) is 2.95. The van der Waals surface area contributed by atoms with Crippen molar-refractivity contribution in [3.05, 3.63) is 70.4 Å². The van der Waals surface area contributed by atoms with Crippen molar-refractivity contribution in [1.82, 2.24) is 4.90 Å². The Morgan fingerprint density at radius 1 is 1.04 bits per heavy atom. The Balaban J connectivity index is 1.38. The predicted molar refractivity (Wildman–Crippen MR) is 116 cm³/mol. The number of carbonyl (C=O) groups excluding carboxylic acids is 1. The molecule has 7 heteroatoms. The lowest BCUT2D eigenvalue weighted by Crippen LogP contribution is -2.48. The van der Waals surface area contributed by atoms with Crippen LogP contribution in [-0.2, 0) is 11.3 Å². The van der Waals surface area contributed by atoms with E-state index in [9.17, 15) is 9.59 Å². The van der Waals surface area contributed by atoms with Crippen LogP contribution in [0.1, 0.15) is 5.56 Å². The second kappa shape index (κ2) is 8.24. The van der Waals surface area contributed by atoms with E-state index in [2.05, 4.69) is 17.5 Å². The molecule has 1 aliphatic heterocycles. The van der Waals surface area contributed by atoms with Crippen LogP contribution < -0.4 is 10.3 Å². The second-order valence-electron chi connectivity index (χ2n) is 6.64. The number of hydrogen-bond donors (Lipinski definition) is 1. The van der Waals surface area contributed by atoms with Crippen LogP contribution in [-0.4, -0.2) is 37.2 Å². The summed E-state index contributed by atoms with van der Waals surface area (Å²) >= 11 is 5.82. The number of rotatable bonds is 3. The molecule has 0 bridgehead atoms. The fourth-order valence-electron chi connectivity index (χ4n) is 3.29. The lowest BCUT2D eigenvalue weighted by Gasteiger charge is -2.35. The lowest BCUT2D eigenvalue weighted by molar-refractivity contribution is 0.0942. The van der Waals surface area contributed by atoms with E-state index in [0.717, 1.165) is 34.4 Å². The van der Waals surface area contributed by atoms with Crippen molar-refractivity contribution in [2.75, 3.05) is 31.1 Å². The van der Waals surface area contributed by atoms with E-state index in [1.54, 1.807) is 11.0 Å².